The van der Waals surface area contributed by atoms with Crippen LogP contribution in [0, 0.1) is 5.82 Å². The zero-order valence-corrected chi connectivity index (χ0v) is 14.3. The monoisotopic (exact) mass is 364 g/mol. The Hall–Kier alpha value is -2.68. The molecule has 0 aliphatic heterocycles. The lowest BCUT2D eigenvalue weighted by molar-refractivity contribution is -0.119. The number of hydrazine groups is 1. The van der Waals surface area contributed by atoms with Gasteiger partial charge >= 0.3 is 0 Å². The van der Waals surface area contributed by atoms with Crippen molar-refractivity contribution in [3.05, 3.63) is 58.3 Å². The normalized spacial score (nSPS) is 10.3. The van der Waals surface area contributed by atoms with Gasteiger partial charge in [-0.1, -0.05) is 19.1 Å². The third-order valence-electron chi connectivity index (χ3n) is 3.05. The second kappa shape index (κ2) is 8.97. The number of hydrogen-bond acceptors (Lipinski definition) is 5. The molecule has 1 heterocycles. The van der Waals surface area contributed by atoms with E-state index in [4.69, 9.17) is 0 Å². The minimum absolute atomic E-state index is 0.00936. The van der Waals surface area contributed by atoms with E-state index in [1.807, 2.05) is 6.92 Å². The van der Waals surface area contributed by atoms with Gasteiger partial charge in [-0.3, -0.25) is 25.2 Å². The molecule has 0 saturated carbocycles. The fourth-order valence-corrected chi connectivity index (χ4v) is 2.61. The molecule has 0 radical (unpaired) electrons. The highest BCUT2D eigenvalue weighted by atomic mass is 32.2. The highest BCUT2D eigenvalue weighted by Crippen LogP contribution is 2.20. The Morgan fingerprint density at radius 3 is 2.68 bits per heavy atom. The van der Waals surface area contributed by atoms with Crippen molar-refractivity contribution in [3.8, 4) is 0 Å². The van der Waals surface area contributed by atoms with Gasteiger partial charge in [0.05, 0.1) is 5.75 Å². The summed E-state index contributed by atoms with van der Waals surface area (Å²) < 4.78 is 14.6. The average Bonchev–Trinajstić information content (AvgIpc) is 2.61. The van der Waals surface area contributed by atoms with Crippen LogP contribution in [0.4, 0.5) is 4.39 Å². The molecule has 2 aromatic rings. The minimum atomic E-state index is -0.644. The predicted molar refractivity (Wildman–Crippen MR) is 91.5 cm³/mol. The van der Waals surface area contributed by atoms with E-state index in [1.54, 1.807) is 18.2 Å². The Kier molecular flexibility index (Phi) is 6.70. The van der Waals surface area contributed by atoms with Crippen LogP contribution in [0.15, 0.2) is 46.1 Å². The van der Waals surface area contributed by atoms with Crippen LogP contribution in [0.25, 0.3) is 0 Å². The summed E-state index contributed by atoms with van der Waals surface area (Å²) in [5, 5.41) is 3.93. The molecule has 9 heteroatoms. The third-order valence-corrected chi connectivity index (χ3v) is 4.09. The standard InChI is InChI=1S/C16H17FN4O3S/c1-2-9-21-15(23)8-7-12(20-21)16(24)19-18-14(22)10-25-13-6-4-3-5-11(13)17/h3-8H,2,9-10H2,1H3,(H,18,22)(H,19,24). The van der Waals surface area contributed by atoms with Gasteiger partial charge in [0.15, 0.2) is 5.69 Å². The Labute approximate surface area is 147 Å². The van der Waals surface area contributed by atoms with E-state index in [-0.39, 0.29) is 17.0 Å². The van der Waals surface area contributed by atoms with Gasteiger partial charge in [0.2, 0.25) is 5.91 Å². The lowest BCUT2D eigenvalue weighted by Crippen LogP contribution is -2.43. The molecule has 2 rings (SSSR count). The van der Waals surface area contributed by atoms with Crippen molar-refractivity contribution in [1.29, 1.82) is 0 Å². The Bertz CT molecular complexity index is 825. The van der Waals surface area contributed by atoms with Crippen molar-refractivity contribution in [1.82, 2.24) is 20.6 Å². The lowest BCUT2D eigenvalue weighted by Gasteiger charge is -2.08. The van der Waals surface area contributed by atoms with Gasteiger partial charge in [-0.25, -0.2) is 9.07 Å². The summed E-state index contributed by atoms with van der Waals surface area (Å²) in [6.45, 7) is 2.28. The van der Waals surface area contributed by atoms with Crippen molar-refractivity contribution in [2.45, 2.75) is 24.8 Å². The summed E-state index contributed by atoms with van der Waals surface area (Å²) in [6.07, 6.45) is 0.696. The number of thioether (sulfide) groups is 1. The van der Waals surface area contributed by atoms with Crippen molar-refractivity contribution >= 4 is 23.6 Å². The summed E-state index contributed by atoms with van der Waals surface area (Å²) in [7, 11) is 0. The van der Waals surface area contributed by atoms with E-state index in [1.165, 1.54) is 22.9 Å². The van der Waals surface area contributed by atoms with Gasteiger partial charge in [0, 0.05) is 17.5 Å². The van der Waals surface area contributed by atoms with Gasteiger partial charge in [-0.05, 0) is 24.6 Å². The van der Waals surface area contributed by atoms with Gasteiger partial charge < -0.3 is 0 Å². The van der Waals surface area contributed by atoms with Crippen LogP contribution >= 0.6 is 11.8 Å². The molecular weight excluding hydrogens is 347 g/mol. The van der Waals surface area contributed by atoms with Crippen LogP contribution in [0.1, 0.15) is 23.8 Å². The maximum atomic E-state index is 13.5. The minimum Gasteiger partial charge on any atom is -0.272 e. The maximum absolute atomic E-state index is 13.5. The van der Waals surface area contributed by atoms with Gasteiger partial charge in [-0.2, -0.15) is 5.10 Å². The van der Waals surface area contributed by atoms with Crippen molar-refractivity contribution < 1.29 is 14.0 Å². The number of hydrogen-bond donors (Lipinski definition) is 2. The molecule has 0 atom stereocenters. The van der Waals surface area contributed by atoms with Gasteiger partial charge in [0.1, 0.15) is 5.82 Å². The van der Waals surface area contributed by atoms with E-state index in [2.05, 4.69) is 16.0 Å². The Balaban J connectivity index is 1.87. The number of carbonyl (C=O) groups excluding carboxylic acids is 2. The zero-order chi connectivity index (χ0) is 18.2. The smallest absolute Gasteiger partial charge is 0.272 e. The van der Waals surface area contributed by atoms with Crippen LogP contribution in [-0.2, 0) is 11.3 Å². The predicted octanol–water partition coefficient (Wildman–Crippen LogP) is 1.35. The highest BCUT2D eigenvalue weighted by Gasteiger charge is 2.11. The lowest BCUT2D eigenvalue weighted by atomic mass is 10.3. The molecular formula is C16H17FN4O3S. The molecule has 25 heavy (non-hydrogen) atoms. The number of carbonyl (C=O) groups is 2. The first-order valence-electron chi connectivity index (χ1n) is 7.56. The molecule has 2 N–H and O–H groups in total. The molecule has 1 aromatic heterocycles. The first-order chi connectivity index (χ1) is 12.0. The molecule has 0 saturated heterocycles. The van der Waals surface area contributed by atoms with E-state index in [0.717, 1.165) is 11.8 Å². The summed E-state index contributed by atoms with van der Waals surface area (Å²) in [6, 6.07) is 8.62. The van der Waals surface area contributed by atoms with Crippen molar-refractivity contribution in [2.24, 2.45) is 0 Å². The van der Waals surface area contributed by atoms with Crippen LogP contribution in [0.2, 0.25) is 0 Å². The first kappa shape index (κ1) is 18.7. The zero-order valence-electron chi connectivity index (χ0n) is 13.5. The summed E-state index contributed by atoms with van der Waals surface area (Å²) >= 11 is 1.01. The molecule has 0 fully saturated rings. The summed E-state index contributed by atoms with van der Waals surface area (Å²) in [5.41, 5.74) is 4.15. The molecule has 0 unspecified atom stereocenters. The van der Waals surface area contributed by atoms with Crippen molar-refractivity contribution in [3.63, 3.8) is 0 Å². The number of aromatic nitrogens is 2. The number of aryl methyl sites for hydroxylation is 1. The largest absolute Gasteiger partial charge is 0.290 e. The molecule has 7 nitrogen and oxygen atoms in total. The number of nitrogens with zero attached hydrogens (tertiary/aromatic N) is 2. The van der Waals surface area contributed by atoms with E-state index in [0.29, 0.717) is 17.9 Å². The molecule has 132 valence electrons. The second-order valence-corrected chi connectivity index (χ2v) is 6.02. The van der Waals surface area contributed by atoms with E-state index >= 15 is 0 Å². The first-order valence-corrected chi connectivity index (χ1v) is 8.54. The quantitative estimate of drug-likeness (QED) is 0.596. The average molecular weight is 364 g/mol. The molecule has 0 aliphatic rings. The van der Waals surface area contributed by atoms with E-state index in [9.17, 15) is 18.8 Å². The van der Waals surface area contributed by atoms with E-state index < -0.39 is 17.6 Å². The Morgan fingerprint density at radius 1 is 1.20 bits per heavy atom. The van der Waals surface area contributed by atoms with Gasteiger partial charge in [-0.15, -0.1) is 11.8 Å². The Morgan fingerprint density at radius 2 is 1.96 bits per heavy atom. The second-order valence-electron chi connectivity index (χ2n) is 5.00. The van der Waals surface area contributed by atoms with Crippen LogP contribution in [0.3, 0.4) is 0 Å². The number of rotatable bonds is 6. The summed E-state index contributed by atoms with van der Waals surface area (Å²) in [4.78, 5) is 35.6. The summed E-state index contributed by atoms with van der Waals surface area (Å²) in [5.74, 6) is -1.62. The van der Waals surface area contributed by atoms with Crippen LogP contribution in [0.5, 0.6) is 0 Å². The molecule has 0 aliphatic carbocycles. The molecule has 0 bridgehead atoms. The fraction of sp³-hybridized carbons (Fsp3) is 0.250. The maximum Gasteiger partial charge on any atom is 0.290 e. The van der Waals surface area contributed by atoms with Crippen LogP contribution < -0.4 is 16.4 Å². The number of benzene rings is 1. The van der Waals surface area contributed by atoms with Crippen molar-refractivity contribution in [2.75, 3.05) is 5.75 Å². The molecule has 0 spiro atoms. The van der Waals surface area contributed by atoms with Gasteiger partial charge in [0.25, 0.3) is 11.5 Å². The SMILES string of the molecule is CCCn1nc(C(=O)NNC(=O)CSc2ccccc2F)ccc1=O. The third kappa shape index (κ3) is 5.42. The van der Waals surface area contributed by atoms with Crippen LogP contribution in [-0.4, -0.2) is 27.3 Å². The number of nitrogens with one attached hydrogen (secondary N) is 2. The topological polar surface area (TPSA) is 93.1 Å². The fourth-order valence-electron chi connectivity index (χ4n) is 1.87. The molecule has 2 amide bonds. The number of amides is 2. The highest BCUT2D eigenvalue weighted by molar-refractivity contribution is 8.00. The molecule has 1 aromatic carbocycles. The number of halogens is 1.